The first-order chi connectivity index (χ1) is 8.00. The van der Waals surface area contributed by atoms with Crippen molar-refractivity contribution in [1.29, 1.82) is 0 Å². The Morgan fingerprint density at radius 3 is 1.78 bits per heavy atom. The highest BCUT2D eigenvalue weighted by molar-refractivity contribution is 7.36. The number of primary amides is 1. The number of rotatable bonds is 4. The molecule has 0 saturated heterocycles. The van der Waals surface area contributed by atoms with Gasteiger partial charge in [-0.2, -0.15) is 11.3 Å². The van der Waals surface area contributed by atoms with Crippen LogP contribution in [0.2, 0.25) is 39.3 Å². The van der Waals surface area contributed by atoms with E-state index >= 15 is 0 Å². The van der Waals surface area contributed by atoms with Gasteiger partial charge in [-0.05, 0) is 16.5 Å². The Labute approximate surface area is 117 Å². The van der Waals surface area contributed by atoms with Gasteiger partial charge in [0, 0.05) is 4.50 Å². The number of hydrogen-bond donors (Lipinski definition) is 1. The molecule has 0 unspecified atom stereocenters. The normalized spacial score (nSPS) is 12.8. The topological polar surface area (TPSA) is 43.1 Å². The summed E-state index contributed by atoms with van der Waals surface area (Å²) in [7, 11) is -2.91. The summed E-state index contributed by atoms with van der Waals surface area (Å²) in [5, 5.41) is 0. The van der Waals surface area contributed by atoms with E-state index in [1.54, 1.807) is 0 Å². The molecule has 102 valence electrons. The zero-order valence-electron chi connectivity index (χ0n) is 12.6. The standard InChI is InChI=1S/C13H25NOSSi2/c1-8-9-10(11(14)15)13(18(5,6)7)16-12(9)17(2,3)4/h8H2,1-7H3,(H2,14,15). The van der Waals surface area contributed by atoms with E-state index in [-0.39, 0.29) is 5.91 Å². The highest BCUT2D eigenvalue weighted by Crippen LogP contribution is 2.21. The summed E-state index contributed by atoms with van der Waals surface area (Å²) >= 11 is 1.88. The van der Waals surface area contributed by atoms with Gasteiger partial charge in [0.2, 0.25) is 5.91 Å². The van der Waals surface area contributed by atoms with Crippen LogP contribution >= 0.6 is 11.3 Å². The van der Waals surface area contributed by atoms with Crippen LogP contribution in [0.3, 0.4) is 0 Å². The van der Waals surface area contributed by atoms with Crippen molar-refractivity contribution in [3.05, 3.63) is 11.1 Å². The van der Waals surface area contributed by atoms with E-state index in [0.29, 0.717) is 0 Å². The highest BCUT2D eigenvalue weighted by Gasteiger charge is 2.33. The van der Waals surface area contributed by atoms with Crippen molar-refractivity contribution in [2.45, 2.75) is 52.6 Å². The molecule has 1 aromatic heterocycles. The van der Waals surface area contributed by atoms with Gasteiger partial charge < -0.3 is 5.73 Å². The van der Waals surface area contributed by atoms with Gasteiger partial charge in [-0.1, -0.05) is 46.2 Å². The maximum absolute atomic E-state index is 11.9. The number of nitrogens with two attached hydrogens (primary N) is 1. The SMILES string of the molecule is CCc1c([Si](C)(C)C)sc([Si](C)(C)C)c1C(N)=O. The number of carbonyl (C=O) groups is 1. The van der Waals surface area contributed by atoms with Crippen molar-refractivity contribution in [2.24, 2.45) is 5.73 Å². The van der Waals surface area contributed by atoms with E-state index in [0.717, 1.165) is 12.0 Å². The van der Waals surface area contributed by atoms with Crippen molar-refractivity contribution in [1.82, 2.24) is 0 Å². The van der Waals surface area contributed by atoms with Gasteiger partial charge in [0.15, 0.2) is 0 Å². The fourth-order valence-electron chi connectivity index (χ4n) is 2.20. The monoisotopic (exact) mass is 299 g/mol. The zero-order chi connectivity index (χ0) is 14.3. The predicted octanol–water partition coefficient (Wildman–Crippen LogP) is 2.50. The second-order valence-electron chi connectivity index (χ2n) is 6.83. The van der Waals surface area contributed by atoms with Crippen molar-refractivity contribution >= 4 is 42.4 Å². The lowest BCUT2D eigenvalue weighted by atomic mass is 10.1. The van der Waals surface area contributed by atoms with Gasteiger partial charge in [-0.15, -0.1) is 0 Å². The molecule has 5 heteroatoms. The second-order valence-corrected chi connectivity index (χ2v) is 18.6. The minimum atomic E-state index is -1.51. The van der Waals surface area contributed by atoms with Crippen LogP contribution in [0.5, 0.6) is 0 Å². The summed E-state index contributed by atoms with van der Waals surface area (Å²) in [5.41, 5.74) is 7.75. The van der Waals surface area contributed by atoms with E-state index < -0.39 is 16.1 Å². The molecule has 0 saturated carbocycles. The Bertz CT molecular complexity index is 467. The Balaban J connectivity index is 3.65. The molecule has 0 aliphatic carbocycles. The van der Waals surface area contributed by atoms with Crippen LogP contribution in [0, 0.1) is 0 Å². The molecule has 0 fully saturated rings. The second kappa shape index (κ2) is 4.94. The van der Waals surface area contributed by atoms with Crippen molar-refractivity contribution in [2.75, 3.05) is 0 Å². The first-order valence-corrected chi connectivity index (χ1v) is 14.3. The molecule has 1 amide bonds. The molecular weight excluding hydrogens is 274 g/mol. The molecule has 18 heavy (non-hydrogen) atoms. The highest BCUT2D eigenvalue weighted by atomic mass is 32.1. The summed E-state index contributed by atoms with van der Waals surface area (Å²) in [6.45, 7) is 16.0. The fourth-order valence-corrected chi connectivity index (χ4v) is 8.70. The molecule has 1 rings (SSSR count). The summed E-state index contributed by atoms with van der Waals surface area (Å²) in [5.74, 6) is -0.231. The lowest BCUT2D eigenvalue weighted by molar-refractivity contribution is 0.100. The van der Waals surface area contributed by atoms with Crippen LogP contribution in [0.1, 0.15) is 22.8 Å². The smallest absolute Gasteiger partial charge is 0.249 e. The average molecular weight is 300 g/mol. The lowest BCUT2D eigenvalue weighted by Gasteiger charge is -2.16. The molecule has 2 nitrogen and oxygen atoms in total. The van der Waals surface area contributed by atoms with Crippen molar-refractivity contribution in [3.8, 4) is 0 Å². The number of carbonyl (C=O) groups excluding carboxylic acids is 1. The van der Waals surface area contributed by atoms with Gasteiger partial charge in [0.1, 0.15) is 0 Å². The Morgan fingerprint density at radius 1 is 1.06 bits per heavy atom. The molecule has 0 aromatic carbocycles. The molecule has 2 N–H and O–H groups in total. The molecule has 0 aliphatic rings. The van der Waals surface area contributed by atoms with E-state index in [2.05, 4.69) is 46.2 Å². The maximum Gasteiger partial charge on any atom is 0.249 e. The average Bonchev–Trinajstić information content (AvgIpc) is 2.54. The van der Waals surface area contributed by atoms with Crippen LogP contribution in [0.15, 0.2) is 0 Å². The van der Waals surface area contributed by atoms with Crippen molar-refractivity contribution < 1.29 is 4.79 Å². The van der Waals surface area contributed by atoms with Crippen LogP contribution in [-0.2, 0) is 6.42 Å². The summed E-state index contributed by atoms with van der Waals surface area (Å²) < 4.78 is 2.76. The summed E-state index contributed by atoms with van der Waals surface area (Å²) in [4.78, 5) is 11.9. The van der Waals surface area contributed by atoms with Gasteiger partial charge in [-0.3, -0.25) is 4.79 Å². The third-order valence-electron chi connectivity index (χ3n) is 2.97. The molecular formula is C13H25NOSSi2. The van der Waals surface area contributed by atoms with Crippen LogP contribution in [-0.4, -0.2) is 22.1 Å². The molecule has 1 heterocycles. The molecule has 0 spiro atoms. The maximum atomic E-state index is 11.9. The van der Waals surface area contributed by atoms with Gasteiger partial charge in [0.25, 0.3) is 0 Å². The van der Waals surface area contributed by atoms with E-state index in [1.165, 1.54) is 14.6 Å². The van der Waals surface area contributed by atoms with Gasteiger partial charge >= 0.3 is 0 Å². The van der Waals surface area contributed by atoms with Crippen LogP contribution in [0.25, 0.3) is 0 Å². The number of hydrogen-bond acceptors (Lipinski definition) is 2. The third-order valence-corrected chi connectivity index (χ3v) is 11.4. The summed E-state index contributed by atoms with van der Waals surface area (Å²) in [6.07, 6.45) is 0.916. The molecule has 0 aliphatic heterocycles. The predicted molar refractivity (Wildman–Crippen MR) is 88.2 cm³/mol. The minimum absolute atomic E-state index is 0.231. The fraction of sp³-hybridized carbons (Fsp3) is 0.615. The Hall–Kier alpha value is -0.396. The summed E-state index contributed by atoms with van der Waals surface area (Å²) in [6, 6.07) is 0. The first-order valence-electron chi connectivity index (χ1n) is 6.46. The Kier molecular flexibility index (Phi) is 4.30. The largest absolute Gasteiger partial charge is 0.366 e. The lowest BCUT2D eigenvalue weighted by Crippen LogP contribution is -2.40. The van der Waals surface area contributed by atoms with E-state index in [4.69, 9.17) is 5.73 Å². The minimum Gasteiger partial charge on any atom is -0.366 e. The van der Waals surface area contributed by atoms with E-state index in [9.17, 15) is 4.79 Å². The third kappa shape index (κ3) is 2.95. The quantitative estimate of drug-likeness (QED) is 0.853. The number of thiophene rings is 1. The van der Waals surface area contributed by atoms with Crippen LogP contribution in [0.4, 0.5) is 0 Å². The number of amides is 1. The molecule has 0 atom stereocenters. The molecule has 1 aromatic rings. The first kappa shape index (κ1) is 15.7. The Morgan fingerprint density at radius 2 is 1.50 bits per heavy atom. The molecule has 0 radical (unpaired) electrons. The zero-order valence-corrected chi connectivity index (χ0v) is 15.4. The van der Waals surface area contributed by atoms with Crippen molar-refractivity contribution in [3.63, 3.8) is 0 Å². The molecule has 0 bridgehead atoms. The van der Waals surface area contributed by atoms with Gasteiger partial charge in [0.05, 0.1) is 21.7 Å². The van der Waals surface area contributed by atoms with Crippen LogP contribution < -0.4 is 14.7 Å². The van der Waals surface area contributed by atoms with E-state index in [1.807, 2.05) is 11.3 Å². The van der Waals surface area contributed by atoms with Gasteiger partial charge in [-0.25, -0.2) is 0 Å².